The second kappa shape index (κ2) is 8.18. The van der Waals surface area contributed by atoms with E-state index in [1.165, 1.54) is 0 Å². The molecule has 26 heavy (non-hydrogen) atoms. The molecule has 1 aliphatic heterocycles. The Hall–Kier alpha value is -2.61. The van der Waals surface area contributed by atoms with Gasteiger partial charge in [0.2, 0.25) is 17.6 Å². The predicted molar refractivity (Wildman–Crippen MR) is 94.9 cm³/mol. The third kappa shape index (κ3) is 3.96. The zero-order chi connectivity index (χ0) is 18.5. The highest BCUT2D eigenvalue weighted by molar-refractivity contribution is 5.78. The standard InChI is InChI=1S/C18H24N4O4/c1-19-18(23)13-5-4-8-22(10-13)11-16-20-17(21-26-16)12-6-7-14(24-2)15(9-12)25-3/h6-7,9,13H,4-5,8,10-11H2,1-3H3,(H,19,23). The molecule has 0 bridgehead atoms. The first-order valence-corrected chi connectivity index (χ1v) is 8.63. The van der Waals surface area contributed by atoms with Crippen molar-refractivity contribution in [2.75, 3.05) is 34.4 Å². The van der Waals surface area contributed by atoms with E-state index in [0.29, 0.717) is 36.3 Å². The first-order valence-electron chi connectivity index (χ1n) is 8.63. The van der Waals surface area contributed by atoms with Crippen LogP contribution in [0, 0.1) is 5.92 Å². The lowest BCUT2D eigenvalue weighted by molar-refractivity contribution is -0.126. The monoisotopic (exact) mass is 360 g/mol. The van der Waals surface area contributed by atoms with E-state index >= 15 is 0 Å². The van der Waals surface area contributed by atoms with E-state index in [1.807, 2.05) is 18.2 Å². The van der Waals surface area contributed by atoms with Crippen LogP contribution in [0.3, 0.4) is 0 Å². The molecule has 2 heterocycles. The third-order valence-electron chi connectivity index (χ3n) is 4.59. The van der Waals surface area contributed by atoms with Gasteiger partial charge in [0, 0.05) is 19.2 Å². The highest BCUT2D eigenvalue weighted by atomic mass is 16.5. The van der Waals surface area contributed by atoms with E-state index < -0.39 is 0 Å². The molecule has 0 saturated carbocycles. The van der Waals surface area contributed by atoms with Gasteiger partial charge in [0.05, 0.1) is 26.7 Å². The number of carbonyl (C=O) groups is 1. The maximum Gasteiger partial charge on any atom is 0.241 e. The Balaban J connectivity index is 1.69. The van der Waals surface area contributed by atoms with Crippen LogP contribution >= 0.6 is 0 Å². The average molecular weight is 360 g/mol. The molecule has 8 nitrogen and oxygen atoms in total. The number of hydrogen-bond donors (Lipinski definition) is 1. The van der Waals surface area contributed by atoms with E-state index in [1.54, 1.807) is 21.3 Å². The van der Waals surface area contributed by atoms with Crippen molar-refractivity contribution in [3.63, 3.8) is 0 Å². The van der Waals surface area contributed by atoms with Crippen molar-refractivity contribution < 1.29 is 18.8 Å². The summed E-state index contributed by atoms with van der Waals surface area (Å²) >= 11 is 0. The Morgan fingerprint density at radius 1 is 1.35 bits per heavy atom. The number of benzene rings is 1. The average Bonchev–Trinajstić information content (AvgIpc) is 3.15. The molecule has 0 spiro atoms. The van der Waals surface area contributed by atoms with Gasteiger partial charge in [-0.3, -0.25) is 9.69 Å². The molecule has 1 aliphatic rings. The largest absolute Gasteiger partial charge is 0.493 e. The van der Waals surface area contributed by atoms with Gasteiger partial charge in [0.1, 0.15) is 0 Å². The number of amides is 1. The molecule has 1 fully saturated rings. The molecular weight excluding hydrogens is 336 g/mol. The number of likely N-dealkylation sites (tertiary alicyclic amines) is 1. The van der Waals surface area contributed by atoms with Crippen LogP contribution in [0.4, 0.5) is 0 Å². The van der Waals surface area contributed by atoms with Gasteiger partial charge in [0.15, 0.2) is 11.5 Å². The number of nitrogens with one attached hydrogen (secondary N) is 1. The minimum Gasteiger partial charge on any atom is -0.493 e. The summed E-state index contributed by atoms with van der Waals surface area (Å²) < 4.78 is 16.0. The minimum atomic E-state index is 0.0157. The summed E-state index contributed by atoms with van der Waals surface area (Å²) in [6, 6.07) is 5.48. The fourth-order valence-corrected chi connectivity index (χ4v) is 3.22. The molecule has 1 N–H and O–H groups in total. The highest BCUT2D eigenvalue weighted by Crippen LogP contribution is 2.31. The first-order chi connectivity index (χ1) is 12.6. The summed E-state index contributed by atoms with van der Waals surface area (Å²) in [5, 5.41) is 6.79. The second-order valence-corrected chi connectivity index (χ2v) is 6.27. The quantitative estimate of drug-likeness (QED) is 0.839. The summed E-state index contributed by atoms with van der Waals surface area (Å²) in [6.07, 6.45) is 1.89. The van der Waals surface area contributed by atoms with Crippen LogP contribution in [-0.2, 0) is 11.3 Å². The predicted octanol–water partition coefficient (Wildman–Crippen LogP) is 1.71. The molecule has 8 heteroatoms. The van der Waals surface area contributed by atoms with E-state index in [9.17, 15) is 4.79 Å². The van der Waals surface area contributed by atoms with Crippen LogP contribution in [0.25, 0.3) is 11.4 Å². The summed E-state index contributed by atoms with van der Waals surface area (Å²) in [5.41, 5.74) is 0.791. The number of nitrogens with zero attached hydrogens (tertiary/aromatic N) is 3. The lowest BCUT2D eigenvalue weighted by atomic mass is 9.97. The zero-order valence-corrected chi connectivity index (χ0v) is 15.3. The Morgan fingerprint density at radius 3 is 2.88 bits per heavy atom. The second-order valence-electron chi connectivity index (χ2n) is 6.27. The first kappa shape index (κ1) is 18.2. The van der Waals surface area contributed by atoms with Gasteiger partial charge in [0.25, 0.3) is 0 Å². The van der Waals surface area contributed by atoms with Gasteiger partial charge in [-0.25, -0.2) is 0 Å². The van der Waals surface area contributed by atoms with Crippen molar-refractivity contribution in [1.82, 2.24) is 20.4 Å². The number of hydrogen-bond acceptors (Lipinski definition) is 7. The number of piperidine rings is 1. The Kier molecular flexibility index (Phi) is 5.72. The summed E-state index contributed by atoms with van der Waals surface area (Å²) in [7, 11) is 4.85. The Morgan fingerprint density at radius 2 is 2.15 bits per heavy atom. The molecule has 0 aliphatic carbocycles. The summed E-state index contributed by atoms with van der Waals surface area (Å²) in [4.78, 5) is 18.5. The molecule has 1 aromatic heterocycles. The number of rotatable bonds is 6. The van der Waals surface area contributed by atoms with Crippen molar-refractivity contribution in [2.24, 2.45) is 5.92 Å². The van der Waals surface area contributed by atoms with Crippen molar-refractivity contribution in [1.29, 1.82) is 0 Å². The van der Waals surface area contributed by atoms with Gasteiger partial charge < -0.3 is 19.3 Å². The molecule has 1 amide bonds. The number of ether oxygens (including phenoxy) is 2. The van der Waals surface area contributed by atoms with Crippen LogP contribution in [0.2, 0.25) is 0 Å². The van der Waals surface area contributed by atoms with E-state index in [0.717, 1.165) is 24.9 Å². The topological polar surface area (TPSA) is 89.7 Å². The molecule has 1 atom stereocenters. The fraction of sp³-hybridized carbons (Fsp3) is 0.500. The smallest absolute Gasteiger partial charge is 0.241 e. The lowest BCUT2D eigenvalue weighted by Crippen LogP contribution is -2.41. The molecular formula is C18H24N4O4. The van der Waals surface area contributed by atoms with Crippen LogP contribution in [0.1, 0.15) is 18.7 Å². The normalized spacial score (nSPS) is 17.7. The van der Waals surface area contributed by atoms with Gasteiger partial charge >= 0.3 is 0 Å². The fourth-order valence-electron chi connectivity index (χ4n) is 3.22. The molecule has 1 unspecified atom stereocenters. The Labute approximate surface area is 152 Å². The molecule has 1 aromatic carbocycles. The minimum absolute atomic E-state index is 0.0157. The van der Waals surface area contributed by atoms with Gasteiger partial charge in [-0.05, 0) is 37.6 Å². The van der Waals surface area contributed by atoms with E-state index in [4.69, 9.17) is 14.0 Å². The molecule has 2 aromatic rings. The molecule has 0 radical (unpaired) electrons. The third-order valence-corrected chi connectivity index (χ3v) is 4.59. The van der Waals surface area contributed by atoms with Gasteiger partial charge in [-0.1, -0.05) is 5.16 Å². The molecule has 140 valence electrons. The summed E-state index contributed by atoms with van der Waals surface area (Å²) in [6.45, 7) is 2.16. The molecule has 3 rings (SSSR count). The SMILES string of the molecule is CNC(=O)C1CCCN(Cc2nc(-c3ccc(OC)c(OC)c3)no2)C1. The van der Waals surface area contributed by atoms with Crippen LogP contribution in [-0.4, -0.2) is 55.3 Å². The maximum absolute atomic E-state index is 11.9. The van der Waals surface area contributed by atoms with Crippen molar-refractivity contribution in [3.8, 4) is 22.9 Å². The Bertz CT molecular complexity index is 761. The van der Waals surface area contributed by atoms with Crippen LogP contribution < -0.4 is 14.8 Å². The number of methoxy groups -OCH3 is 2. The highest BCUT2D eigenvalue weighted by Gasteiger charge is 2.26. The maximum atomic E-state index is 11.9. The van der Waals surface area contributed by atoms with E-state index in [-0.39, 0.29) is 11.8 Å². The van der Waals surface area contributed by atoms with Crippen molar-refractivity contribution in [2.45, 2.75) is 19.4 Å². The van der Waals surface area contributed by atoms with Gasteiger partial charge in [-0.2, -0.15) is 4.98 Å². The number of carbonyl (C=O) groups excluding carboxylic acids is 1. The zero-order valence-electron chi connectivity index (χ0n) is 15.3. The van der Waals surface area contributed by atoms with Crippen LogP contribution in [0.15, 0.2) is 22.7 Å². The number of aromatic nitrogens is 2. The summed E-state index contributed by atoms with van der Waals surface area (Å²) in [5.74, 6) is 2.40. The van der Waals surface area contributed by atoms with E-state index in [2.05, 4.69) is 20.4 Å². The van der Waals surface area contributed by atoms with Gasteiger partial charge in [-0.15, -0.1) is 0 Å². The lowest BCUT2D eigenvalue weighted by Gasteiger charge is -2.30. The van der Waals surface area contributed by atoms with Crippen molar-refractivity contribution >= 4 is 5.91 Å². The van der Waals surface area contributed by atoms with Crippen molar-refractivity contribution in [3.05, 3.63) is 24.1 Å². The molecule has 1 saturated heterocycles. The van der Waals surface area contributed by atoms with Crippen LogP contribution in [0.5, 0.6) is 11.5 Å².